The van der Waals surface area contributed by atoms with Crippen molar-refractivity contribution >= 4 is 32.8 Å². The molecule has 18 heteroatoms. The van der Waals surface area contributed by atoms with Crippen LogP contribution in [0.2, 0.25) is 0 Å². The van der Waals surface area contributed by atoms with E-state index in [9.17, 15) is 29.0 Å². The van der Waals surface area contributed by atoms with E-state index < -0.39 is 50.3 Å². The van der Waals surface area contributed by atoms with Crippen LogP contribution in [0.4, 0.5) is 5.95 Å². The second-order valence-corrected chi connectivity index (χ2v) is 10.8. The fraction of sp³-hybridized carbons (Fsp3) is 0.643. The number of nitrogens with one attached hydrogen (secondary N) is 1. The number of nitrogen functional groups attached to an aromatic ring is 1. The maximum Gasteiger partial charge on any atom is 0.481 e. The Balaban J connectivity index is 2.07. The van der Waals surface area contributed by atoms with Crippen molar-refractivity contribution in [3.05, 3.63) is 16.7 Å². The third kappa shape index (κ3) is 3.72. The average molecular weight is 499 g/mol. The number of aromatic amines is 1. The first-order valence-corrected chi connectivity index (χ1v) is 11.9. The lowest BCUT2D eigenvalue weighted by molar-refractivity contribution is -0.192. The number of rotatable bonds is 6. The molecule has 0 aliphatic carbocycles. The molecule has 0 saturated carbocycles. The number of hydrogen-bond acceptors (Lipinski definition) is 11. The van der Waals surface area contributed by atoms with Crippen LogP contribution in [-0.4, -0.2) is 67.8 Å². The van der Waals surface area contributed by atoms with E-state index in [1.807, 2.05) is 0 Å². The third-order valence-electron chi connectivity index (χ3n) is 5.90. The van der Waals surface area contributed by atoms with Crippen molar-refractivity contribution in [3.8, 4) is 0 Å². The molecule has 1 aliphatic rings. The zero-order chi connectivity index (χ0) is 24.5. The van der Waals surface area contributed by atoms with E-state index in [1.54, 1.807) is 0 Å². The Morgan fingerprint density at radius 2 is 1.78 bits per heavy atom. The van der Waals surface area contributed by atoms with E-state index in [0.717, 1.165) is 17.8 Å². The van der Waals surface area contributed by atoms with E-state index in [4.69, 9.17) is 20.3 Å². The summed E-state index contributed by atoms with van der Waals surface area (Å²) in [4.78, 5) is 49.4. The van der Waals surface area contributed by atoms with Crippen molar-refractivity contribution in [3.63, 3.8) is 0 Å². The molecule has 3 heterocycles. The lowest BCUT2D eigenvalue weighted by Gasteiger charge is -2.42. The zero-order valence-electron chi connectivity index (χ0n) is 17.3. The summed E-state index contributed by atoms with van der Waals surface area (Å²) in [7, 11) is -10.7. The molecule has 1 aliphatic heterocycles. The lowest BCUT2D eigenvalue weighted by Crippen LogP contribution is -2.63. The maximum atomic E-state index is 12.1. The lowest BCUT2D eigenvalue weighted by atomic mass is 9.73. The Hall–Kier alpha value is -1.71. The predicted molar refractivity (Wildman–Crippen MR) is 106 cm³/mol. The molecule has 2 aromatic rings. The zero-order valence-corrected chi connectivity index (χ0v) is 19.1. The number of H-pyrrole nitrogens is 1. The molecular formula is C14H23N5O11P2. The van der Waals surface area contributed by atoms with Crippen molar-refractivity contribution in [1.29, 1.82) is 0 Å². The first kappa shape index (κ1) is 24.9. The van der Waals surface area contributed by atoms with Gasteiger partial charge in [0.05, 0.1) is 12.9 Å². The van der Waals surface area contributed by atoms with Crippen LogP contribution in [-0.2, 0) is 28.4 Å². The number of aliphatic hydroxyl groups is 2. The van der Waals surface area contributed by atoms with E-state index >= 15 is 0 Å². The monoisotopic (exact) mass is 499 g/mol. The number of nitrogens with two attached hydrogens (primary N) is 1. The molecule has 2 aromatic heterocycles. The number of aromatic nitrogens is 4. The highest BCUT2D eigenvalue weighted by atomic mass is 31.3. The summed E-state index contributed by atoms with van der Waals surface area (Å²) in [5, 5.41) is 22.6. The van der Waals surface area contributed by atoms with Crippen molar-refractivity contribution in [1.82, 2.24) is 19.5 Å². The molecule has 0 aromatic carbocycles. The van der Waals surface area contributed by atoms with Gasteiger partial charge in [0.1, 0.15) is 16.8 Å². The van der Waals surface area contributed by atoms with Crippen LogP contribution in [0.25, 0.3) is 11.2 Å². The second-order valence-electron chi connectivity index (χ2n) is 8.01. The second kappa shape index (κ2) is 7.14. The SMILES string of the molecule is CC1(COP(=O)(O)OP(=O)(O)O)OC(C)(n2cnc3c(=O)[nH]c(N)nc32)C(C)(O)C1(C)O. The van der Waals surface area contributed by atoms with Gasteiger partial charge in [0.25, 0.3) is 5.56 Å². The topological polar surface area (TPSA) is 253 Å². The van der Waals surface area contributed by atoms with Gasteiger partial charge in [0, 0.05) is 0 Å². The molecule has 1 saturated heterocycles. The predicted octanol–water partition coefficient (Wildman–Crippen LogP) is -1.11. The van der Waals surface area contributed by atoms with Crippen LogP contribution in [0.5, 0.6) is 0 Å². The minimum Gasteiger partial charge on any atom is -0.384 e. The van der Waals surface area contributed by atoms with Crippen LogP contribution in [0, 0.1) is 0 Å². The Kier molecular flexibility index (Phi) is 5.56. The molecule has 5 unspecified atom stereocenters. The molecule has 180 valence electrons. The minimum atomic E-state index is -5.39. The average Bonchev–Trinajstić information content (AvgIpc) is 3.05. The normalized spacial score (nSPS) is 35.3. The number of ether oxygens (including phenoxy) is 1. The van der Waals surface area contributed by atoms with Gasteiger partial charge in [-0.1, -0.05) is 0 Å². The van der Waals surface area contributed by atoms with Crippen LogP contribution < -0.4 is 11.3 Å². The highest BCUT2D eigenvalue weighted by Crippen LogP contribution is 2.60. The summed E-state index contributed by atoms with van der Waals surface area (Å²) in [6.45, 7) is 3.95. The van der Waals surface area contributed by atoms with Crippen LogP contribution in [0.3, 0.4) is 0 Å². The van der Waals surface area contributed by atoms with E-state index in [1.165, 1.54) is 20.8 Å². The van der Waals surface area contributed by atoms with Crippen LogP contribution in [0.1, 0.15) is 27.7 Å². The molecule has 0 amide bonds. The number of fused-ring (bicyclic) bond motifs is 1. The summed E-state index contributed by atoms with van der Waals surface area (Å²) in [5.74, 6) is -0.251. The first-order valence-electron chi connectivity index (χ1n) is 8.89. The largest absolute Gasteiger partial charge is 0.481 e. The van der Waals surface area contributed by atoms with Crippen molar-refractivity contribution in [2.75, 3.05) is 12.3 Å². The quantitative estimate of drug-likeness (QED) is 0.233. The van der Waals surface area contributed by atoms with Crippen molar-refractivity contribution < 1.29 is 47.6 Å². The number of phosphoric acid groups is 2. The number of nitrogens with zero attached hydrogens (tertiary/aromatic N) is 3. The van der Waals surface area contributed by atoms with Crippen LogP contribution >= 0.6 is 15.6 Å². The Morgan fingerprint density at radius 1 is 1.19 bits per heavy atom. The number of imidazole rings is 1. The first-order chi connectivity index (χ1) is 14.3. The van der Waals surface area contributed by atoms with Gasteiger partial charge in [-0.3, -0.25) is 18.9 Å². The minimum absolute atomic E-state index is 0.0901. The van der Waals surface area contributed by atoms with Gasteiger partial charge in [0.2, 0.25) is 5.95 Å². The molecule has 1 fully saturated rings. The summed E-state index contributed by atoms with van der Waals surface area (Å²) in [5.41, 5.74) is -3.58. The Bertz CT molecular complexity index is 1220. The fourth-order valence-corrected chi connectivity index (χ4v) is 5.33. The summed E-state index contributed by atoms with van der Waals surface area (Å²) in [6, 6.07) is 0. The number of hydrogen-bond donors (Lipinski definition) is 7. The maximum absolute atomic E-state index is 12.1. The Morgan fingerprint density at radius 3 is 2.34 bits per heavy atom. The van der Waals surface area contributed by atoms with Gasteiger partial charge >= 0.3 is 15.6 Å². The van der Waals surface area contributed by atoms with Gasteiger partial charge in [-0.05, 0) is 27.7 Å². The number of phosphoric ester groups is 1. The van der Waals surface area contributed by atoms with Gasteiger partial charge in [-0.2, -0.15) is 9.29 Å². The number of anilines is 1. The van der Waals surface area contributed by atoms with Gasteiger partial charge in [-0.25, -0.2) is 14.1 Å². The molecule has 0 bridgehead atoms. The molecule has 32 heavy (non-hydrogen) atoms. The van der Waals surface area contributed by atoms with E-state index in [0.29, 0.717) is 0 Å². The van der Waals surface area contributed by atoms with E-state index in [-0.39, 0.29) is 17.1 Å². The molecule has 0 spiro atoms. The highest BCUT2D eigenvalue weighted by Gasteiger charge is 2.73. The summed E-state index contributed by atoms with van der Waals surface area (Å²) in [6.07, 6.45) is 1.12. The summed E-state index contributed by atoms with van der Waals surface area (Å²) >= 11 is 0. The molecule has 8 N–H and O–H groups in total. The fourth-order valence-electron chi connectivity index (χ4n) is 3.66. The van der Waals surface area contributed by atoms with Gasteiger partial charge in [0.15, 0.2) is 16.9 Å². The van der Waals surface area contributed by atoms with Gasteiger partial charge < -0.3 is 35.4 Å². The third-order valence-corrected chi connectivity index (χ3v) is 8.03. The van der Waals surface area contributed by atoms with Crippen LogP contribution in [0.15, 0.2) is 11.1 Å². The van der Waals surface area contributed by atoms with Crippen molar-refractivity contribution in [2.24, 2.45) is 0 Å². The molecule has 0 radical (unpaired) electrons. The standard InChI is InChI=1S/C14H23N5O11P2/c1-11(5-28-32(26,27)30-31(23,24)25)12(2,21)13(3,22)14(4,29-11)19-6-16-7-8(19)17-10(15)18-9(7)20/h6,21-22H,5H2,1-4H3,(H,26,27)(H2,23,24,25)(H3,15,17,18,20). The highest BCUT2D eigenvalue weighted by molar-refractivity contribution is 7.60. The van der Waals surface area contributed by atoms with Gasteiger partial charge in [-0.15, -0.1) is 0 Å². The summed E-state index contributed by atoms with van der Waals surface area (Å²) < 4.78 is 38.2. The molecule has 3 rings (SSSR count). The molecular weight excluding hydrogens is 476 g/mol. The van der Waals surface area contributed by atoms with E-state index in [2.05, 4.69) is 23.8 Å². The molecule has 16 nitrogen and oxygen atoms in total. The van der Waals surface area contributed by atoms with Crippen molar-refractivity contribution in [2.45, 2.75) is 50.2 Å². The molecule has 5 atom stereocenters. The Labute approximate surface area is 179 Å². The smallest absolute Gasteiger partial charge is 0.384 e.